The number of hydrogen-bond donors (Lipinski definition) is 3. The van der Waals surface area contributed by atoms with Crippen molar-refractivity contribution in [2.24, 2.45) is 0 Å². The standard InChI is InChI=1S/C5H10O.3HNO3/c1-2-5-3-4-6-5;3*2-1(3)4/h5H,2-4H2,1H3;3*(H,2,3,4). The van der Waals surface area contributed by atoms with E-state index >= 15 is 0 Å². The first-order valence-corrected chi connectivity index (χ1v) is 4.24. The molecule has 0 aromatic rings. The van der Waals surface area contributed by atoms with Crippen LogP contribution in [0.1, 0.15) is 19.8 Å². The summed E-state index contributed by atoms with van der Waals surface area (Å²) in [6, 6.07) is 0. The summed E-state index contributed by atoms with van der Waals surface area (Å²) >= 11 is 0. The third-order valence-corrected chi connectivity index (χ3v) is 1.25. The van der Waals surface area contributed by atoms with E-state index in [0.717, 1.165) is 6.61 Å². The van der Waals surface area contributed by atoms with E-state index in [0.29, 0.717) is 6.10 Å². The van der Waals surface area contributed by atoms with Crippen molar-refractivity contribution in [3.05, 3.63) is 30.3 Å². The van der Waals surface area contributed by atoms with Gasteiger partial charge in [0.2, 0.25) is 0 Å². The third-order valence-electron chi connectivity index (χ3n) is 1.25. The number of nitrogens with zero attached hydrogens (tertiary/aromatic N) is 3. The summed E-state index contributed by atoms with van der Waals surface area (Å²) in [7, 11) is 0. The van der Waals surface area contributed by atoms with E-state index in [4.69, 9.17) is 50.7 Å². The SMILES string of the molecule is CCC1CCO1.O=[N+]([O-])O.O=[N+]([O-])O.O=[N+]([O-])O. The first-order valence-electron chi connectivity index (χ1n) is 4.24. The van der Waals surface area contributed by atoms with Gasteiger partial charge in [0.15, 0.2) is 0 Å². The van der Waals surface area contributed by atoms with Crippen molar-refractivity contribution in [3.8, 4) is 0 Å². The number of rotatable bonds is 1. The van der Waals surface area contributed by atoms with Crippen LogP contribution in [-0.2, 0) is 4.74 Å². The average molecular weight is 275 g/mol. The van der Waals surface area contributed by atoms with Gasteiger partial charge in [-0.25, -0.2) is 0 Å². The molecule has 13 nitrogen and oxygen atoms in total. The van der Waals surface area contributed by atoms with E-state index in [1.165, 1.54) is 12.8 Å². The van der Waals surface area contributed by atoms with Crippen LogP contribution >= 0.6 is 0 Å². The number of ether oxygens (including phenoxy) is 1. The van der Waals surface area contributed by atoms with E-state index in [-0.39, 0.29) is 0 Å². The molecule has 3 N–H and O–H groups in total. The molecule has 1 rings (SSSR count). The van der Waals surface area contributed by atoms with Crippen LogP contribution in [0.2, 0.25) is 0 Å². The second kappa shape index (κ2) is 14.6. The first kappa shape index (κ1) is 20.9. The predicted molar refractivity (Wildman–Crippen MR) is 51.0 cm³/mol. The summed E-state index contributed by atoms with van der Waals surface area (Å²) in [6.07, 6.45) is 3.10. The van der Waals surface area contributed by atoms with Crippen LogP contribution in [0.3, 0.4) is 0 Å². The van der Waals surface area contributed by atoms with Gasteiger partial charge in [-0.05, 0) is 12.8 Å². The highest BCUT2D eigenvalue weighted by molar-refractivity contribution is 4.62. The molecule has 0 spiro atoms. The molecule has 1 unspecified atom stereocenters. The quantitative estimate of drug-likeness (QED) is 0.436. The zero-order chi connectivity index (χ0) is 15.1. The van der Waals surface area contributed by atoms with Crippen LogP contribution in [0.5, 0.6) is 0 Å². The van der Waals surface area contributed by atoms with Gasteiger partial charge in [-0.1, -0.05) is 6.92 Å². The highest BCUT2D eigenvalue weighted by Gasteiger charge is 2.13. The molecule has 18 heavy (non-hydrogen) atoms. The Labute approximate surface area is 99.5 Å². The Morgan fingerprint density at radius 2 is 1.28 bits per heavy atom. The molecule has 0 radical (unpaired) electrons. The fourth-order valence-corrected chi connectivity index (χ4v) is 0.606. The second-order valence-corrected chi connectivity index (χ2v) is 2.40. The Morgan fingerprint density at radius 1 is 1.06 bits per heavy atom. The van der Waals surface area contributed by atoms with Crippen LogP contribution in [0.15, 0.2) is 0 Å². The predicted octanol–water partition coefficient (Wildman–Crippen LogP) is 0.142. The molecule has 1 heterocycles. The molecular formula is C5H13N3O10. The molecule has 108 valence electrons. The Balaban J connectivity index is -0.000000171. The number of hydrogen-bond acceptors (Lipinski definition) is 7. The van der Waals surface area contributed by atoms with Gasteiger partial charge in [-0.3, -0.25) is 0 Å². The second-order valence-electron chi connectivity index (χ2n) is 2.40. The van der Waals surface area contributed by atoms with Crippen LogP contribution < -0.4 is 0 Å². The van der Waals surface area contributed by atoms with Gasteiger partial charge in [0.25, 0.3) is 15.3 Å². The Kier molecular flexibility index (Phi) is 16.9. The summed E-state index contributed by atoms with van der Waals surface area (Å²) in [4.78, 5) is 25.1. The topological polar surface area (TPSA) is 199 Å². The zero-order valence-corrected chi connectivity index (χ0v) is 9.24. The van der Waals surface area contributed by atoms with Crippen LogP contribution in [-0.4, -0.2) is 43.6 Å². The fraction of sp³-hybridized carbons (Fsp3) is 1.00. The first-order chi connectivity index (χ1) is 8.13. The third kappa shape index (κ3) is 69.2. The molecule has 0 amide bonds. The lowest BCUT2D eigenvalue weighted by Crippen LogP contribution is -2.25. The minimum atomic E-state index is -1.50. The van der Waals surface area contributed by atoms with Gasteiger partial charge in [-0.2, -0.15) is 0 Å². The van der Waals surface area contributed by atoms with Crippen molar-refractivity contribution < 1.29 is 35.6 Å². The summed E-state index contributed by atoms with van der Waals surface area (Å²) in [5.41, 5.74) is 0. The van der Waals surface area contributed by atoms with Crippen LogP contribution in [0.4, 0.5) is 0 Å². The summed E-state index contributed by atoms with van der Waals surface area (Å²) < 4.78 is 5.08. The lowest BCUT2D eigenvalue weighted by Gasteiger charge is -2.24. The molecule has 1 fully saturated rings. The van der Waals surface area contributed by atoms with E-state index < -0.39 is 15.3 Å². The molecule has 1 atom stereocenters. The summed E-state index contributed by atoms with van der Waals surface area (Å²) in [5, 5.41) is 40.9. The molecule has 0 aromatic heterocycles. The summed E-state index contributed by atoms with van der Waals surface area (Å²) in [6.45, 7) is 3.16. The largest absolute Gasteiger partial charge is 0.378 e. The molecule has 1 saturated heterocycles. The molecule has 1 aliphatic rings. The van der Waals surface area contributed by atoms with E-state index in [2.05, 4.69) is 6.92 Å². The zero-order valence-electron chi connectivity index (χ0n) is 9.24. The van der Waals surface area contributed by atoms with Crippen molar-refractivity contribution in [3.63, 3.8) is 0 Å². The Hall–Kier alpha value is -2.44. The van der Waals surface area contributed by atoms with Crippen molar-refractivity contribution in [2.75, 3.05) is 6.61 Å². The Morgan fingerprint density at radius 3 is 1.28 bits per heavy atom. The van der Waals surface area contributed by atoms with Gasteiger partial charge in [0.1, 0.15) is 0 Å². The van der Waals surface area contributed by atoms with Gasteiger partial charge in [0, 0.05) is 6.61 Å². The smallest absolute Gasteiger partial charge is 0.291 e. The fourth-order valence-electron chi connectivity index (χ4n) is 0.606. The molecule has 1 aliphatic heterocycles. The highest BCUT2D eigenvalue weighted by atomic mass is 16.9. The van der Waals surface area contributed by atoms with Crippen LogP contribution in [0.25, 0.3) is 0 Å². The van der Waals surface area contributed by atoms with Crippen molar-refractivity contribution in [2.45, 2.75) is 25.9 Å². The Bertz CT molecular complexity index is 198. The van der Waals surface area contributed by atoms with Gasteiger partial charge >= 0.3 is 0 Å². The van der Waals surface area contributed by atoms with Gasteiger partial charge in [0.05, 0.1) is 6.10 Å². The lowest BCUT2D eigenvalue weighted by atomic mass is 10.1. The molecule has 0 aliphatic carbocycles. The van der Waals surface area contributed by atoms with Crippen molar-refractivity contribution in [1.29, 1.82) is 0 Å². The van der Waals surface area contributed by atoms with Gasteiger partial charge in [-0.15, -0.1) is 30.3 Å². The molecule has 0 bridgehead atoms. The monoisotopic (exact) mass is 275 g/mol. The maximum absolute atomic E-state index is 8.36. The minimum absolute atomic E-state index is 0.616. The highest BCUT2D eigenvalue weighted by Crippen LogP contribution is 2.12. The van der Waals surface area contributed by atoms with E-state index in [1.54, 1.807) is 0 Å². The van der Waals surface area contributed by atoms with Gasteiger partial charge < -0.3 is 20.4 Å². The summed E-state index contributed by atoms with van der Waals surface area (Å²) in [5.74, 6) is 0. The normalized spacial score (nSPS) is 14.8. The van der Waals surface area contributed by atoms with Crippen molar-refractivity contribution in [1.82, 2.24) is 0 Å². The maximum Gasteiger partial charge on any atom is 0.291 e. The van der Waals surface area contributed by atoms with Crippen molar-refractivity contribution >= 4 is 0 Å². The molecular weight excluding hydrogens is 262 g/mol. The van der Waals surface area contributed by atoms with Crippen LogP contribution in [0, 0.1) is 30.3 Å². The maximum atomic E-state index is 8.36. The molecule has 0 aromatic carbocycles. The molecule has 0 saturated carbocycles. The lowest BCUT2D eigenvalue weighted by molar-refractivity contribution is -0.742. The molecule has 13 heteroatoms. The minimum Gasteiger partial charge on any atom is -0.378 e. The van der Waals surface area contributed by atoms with E-state index in [9.17, 15) is 0 Å². The average Bonchev–Trinajstić information content (AvgIpc) is 1.96. The van der Waals surface area contributed by atoms with E-state index in [1.807, 2.05) is 0 Å².